The van der Waals surface area contributed by atoms with E-state index in [9.17, 15) is 4.79 Å². The molecule has 0 atom stereocenters. The number of ether oxygens (including phenoxy) is 1. The molecule has 0 fully saturated rings. The van der Waals surface area contributed by atoms with Gasteiger partial charge in [0.15, 0.2) is 0 Å². The fourth-order valence-electron chi connectivity index (χ4n) is 1.57. The summed E-state index contributed by atoms with van der Waals surface area (Å²) in [4.78, 5) is 11.9. The van der Waals surface area contributed by atoms with E-state index in [4.69, 9.17) is 4.74 Å². The third-order valence-electron chi connectivity index (χ3n) is 2.32. The molecule has 1 aliphatic heterocycles. The quantitative estimate of drug-likeness (QED) is 0.621. The van der Waals surface area contributed by atoms with E-state index < -0.39 is 0 Å². The van der Waals surface area contributed by atoms with E-state index in [0.717, 1.165) is 5.56 Å². The molecule has 3 nitrogen and oxygen atoms in total. The van der Waals surface area contributed by atoms with Gasteiger partial charge in [-0.1, -0.05) is 0 Å². The normalized spacial score (nSPS) is 14.6. The van der Waals surface area contributed by atoms with Gasteiger partial charge in [0.25, 0.3) is 0 Å². The van der Waals surface area contributed by atoms with Crippen molar-refractivity contribution in [2.24, 2.45) is 0 Å². The molecule has 0 aliphatic carbocycles. The second kappa shape index (κ2) is 5.14. The molecule has 0 saturated carbocycles. The Balaban J connectivity index is 2.34. The van der Waals surface area contributed by atoms with Gasteiger partial charge in [-0.25, -0.2) is 4.79 Å². The smallest absolute Gasteiger partial charge is 0.355 e. The van der Waals surface area contributed by atoms with Crippen LogP contribution in [0.15, 0.2) is 21.4 Å². The van der Waals surface area contributed by atoms with Gasteiger partial charge in [0.1, 0.15) is 5.70 Å². The monoisotopic (exact) mass is 269 g/mol. The van der Waals surface area contributed by atoms with Crippen molar-refractivity contribution in [1.29, 1.82) is 0 Å². The van der Waals surface area contributed by atoms with Crippen LogP contribution in [-0.4, -0.2) is 22.9 Å². The highest BCUT2D eigenvalue weighted by molar-refractivity contribution is 7.99. The summed E-state index contributed by atoms with van der Waals surface area (Å²) in [5.74, 6) is -0.245. The zero-order valence-corrected chi connectivity index (χ0v) is 11.7. The number of esters is 1. The van der Waals surface area contributed by atoms with Gasteiger partial charge in [0.05, 0.1) is 10.8 Å². The Morgan fingerprint density at radius 1 is 1.53 bits per heavy atom. The van der Waals surface area contributed by atoms with Crippen LogP contribution in [0, 0.1) is 0 Å². The summed E-state index contributed by atoms with van der Waals surface area (Å²) in [6.07, 6.45) is 1.92. The van der Waals surface area contributed by atoms with Crippen LogP contribution in [0.1, 0.15) is 26.3 Å². The summed E-state index contributed by atoms with van der Waals surface area (Å²) < 4.78 is 8.33. The third kappa shape index (κ3) is 2.50. The van der Waals surface area contributed by atoms with Crippen LogP contribution in [0.25, 0.3) is 6.08 Å². The summed E-state index contributed by atoms with van der Waals surface area (Å²) in [5.41, 5.74) is 1.75. The average Bonchev–Trinajstić information content (AvgIpc) is 2.74. The van der Waals surface area contributed by atoms with Crippen molar-refractivity contribution in [1.82, 2.24) is 4.31 Å². The largest absolute Gasteiger partial charge is 0.461 e. The van der Waals surface area contributed by atoms with E-state index in [1.807, 2.05) is 28.8 Å². The molecule has 0 bridgehead atoms. The zero-order chi connectivity index (χ0) is 12.4. The summed E-state index contributed by atoms with van der Waals surface area (Å²) in [7, 11) is 0. The second-order valence-corrected chi connectivity index (χ2v) is 6.08. The van der Waals surface area contributed by atoms with Gasteiger partial charge in [-0.05, 0) is 50.2 Å². The van der Waals surface area contributed by atoms with Crippen molar-refractivity contribution in [2.75, 3.05) is 6.61 Å². The van der Waals surface area contributed by atoms with Gasteiger partial charge in [0.2, 0.25) is 0 Å². The molecule has 0 N–H and O–H groups in total. The van der Waals surface area contributed by atoms with Crippen LogP contribution in [0.5, 0.6) is 0 Å². The van der Waals surface area contributed by atoms with Crippen LogP contribution in [-0.2, 0) is 9.53 Å². The average molecular weight is 269 g/mol. The highest BCUT2D eigenvalue weighted by Gasteiger charge is 2.27. The molecule has 2 rings (SSSR count). The second-order valence-electron chi connectivity index (χ2n) is 3.92. The van der Waals surface area contributed by atoms with Crippen molar-refractivity contribution < 1.29 is 9.53 Å². The molecule has 2 heterocycles. The van der Waals surface area contributed by atoms with Crippen molar-refractivity contribution in [2.45, 2.75) is 31.0 Å². The van der Waals surface area contributed by atoms with Crippen LogP contribution in [0.4, 0.5) is 0 Å². The SMILES string of the molecule is CCOC(=O)C1=Cc2ccsc2SN1C(C)C. The number of nitrogens with zero attached hydrogens (tertiary/aromatic N) is 1. The van der Waals surface area contributed by atoms with Crippen molar-refractivity contribution in [3.63, 3.8) is 0 Å². The summed E-state index contributed by atoms with van der Waals surface area (Å²) in [5, 5.41) is 2.04. The molecule has 17 heavy (non-hydrogen) atoms. The number of hydrogen-bond acceptors (Lipinski definition) is 5. The first kappa shape index (κ1) is 12.5. The predicted octanol–water partition coefficient (Wildman–Crippen LogP) is 3.38. The maximum Gasteiger partial charge on any atom is 0.355 e. The lowest BCUT2D eigenvalue weighted by Crippen LogP contribution is -2.30. The lowest BCUT2D eigenvalue weighted by molar-refractivity contribution is -0.139. The molecule has 1 aromatic rings. The first-order valence-electron chi connectivity index (χ1n) is 5.57. The number of fused-ring (bicyclic) bond motifs is 1. The first-order chi connectivity index (χ1) is 8.13. The zero-order valence-electron chi connectivity index (χ0n) is 10.1. The van der Waals surface area contributed by atoms with E-state index in [1.165, 1.54) is 4.21 Å². The third-order valence-corrected chi connectivity index (χ3v) is 4.77. The Kier molecular flexibility index (Phi) is 3.79. The fourth-order valence-corrected chi connectivity index (χ4v) is 3.60. The van der Waals surface area contributed by atoms with Gasteiger partial charge in [-0.15, -0.1) is 11.3 Å². The number of thiophene rings is 1. The van der Waals surface area contributed by atoms with Crippen LogP contribution in [0.3, 0.4) is 0 Å². The number of carbonyl (C=O) groups excluding carboxylic acids is 1. The van der Waals surface area contributed by atoms with Gasteiger partial charge in [-0.3, -0.25) is 0 Å². The van der Waals surface area contributed by atoms with Gasteiger partial charge in [0, 0.05) is 11.6 Å². The van der Waals surface area contributed by atoms with Gasteiger partial charge in [-0.2, -0.15) is 0 Å². The predicted molar refractivity (Wildman–Crippen MR) is 71.8 cm³/mol. The molecule has 0 unspecified atom stereocenters. The summed E-state index contributed by atoms with van der Waals surface area (Å²) in [6.45, 7) is 6.37. The number of hydrogen-bond donors (Lipinski definition) is 0. The standard InChI is InChI=1S/C12H15NO2S2/c1-4-15-11(14)10-7-9-5-6-16-12(9)17-13(10)8(2)3/h5-8H,4H2,1-3H3. The Morgan fingerprint density at radius 2 is 2.29 bits per heavy atom. The molecular weight excluding hydrogens is 254 g/mol. The summed E-state index contributed by atoms with van der Waals surface area (Å²) in [6, 6.07) is 2.29. The number of carbonyl (C=O) groups is 1. The number of rotatable bonds is 3. The minimum Gasteiger partial charge on any atom is -0.461 e. The highest BCUT2D eigenvalue weighted by atomic mass is 32.2. The Labute approximate surface area is 110 Å². The lowest BCUT2D eigenvalue weighted by atomic mass is 10.2. The minimum atomic E-state index is -0.245. The van der Waals surface area contributed by atoms with Crippen molar-refractivity contribution in [3.8, 4) is 0 Å². The molecule has 5 heteroatoms. The topological polar surface area (TPSA) is 29.5 Å². The molecular formula is C12H15NO2S2. The molecule has 1 aliphatic rings. The fraction of sp³-hybridized carbons (Fsp3) is 0.417. The molecule has 0 amide bonds. The van der Waals surface area contributed by atoms with Crippen molar-refractivity contribution >= 4 is 35.3 Å². The van der Waals surface area contributed by atoms with E-state index in [1.54, 1.807) is 23.3 Å². The Hall–Kier alpha value is -0.940. The first-order valence-corrected chi connectivity index (χ1v) is 7.22. The molecule has 0 spiro atoms. The summed E-state index contributed by atoms with van der Waals surface area (Å²) >= 11 is 3.32. The Morgan fingerprint density at radius 3 is 2.94 bits per heavy atom. The van der Waals surface area contributed by atoms with E-state index in [-0.39, 0.29) is 12.0 Å². The molecule has 1 aromatic heterocycles. The molecule has 0 aromatic carbocycles. The van der Waals surface area contributed by atoms with E-state index in [0.29, 0.717) is 12.3 Å². The maximum absolute atomic E-state index is 11.9. The lowest BCUT2D eigenvalue weighted by Gasteiger charge is -2.30. The van der Waals surface area contributed by atoms with Crippen molar-refractivity contribution in [3.05, 3.63) is 22.7 Å². The molecule has 0 saturated heterocycles. The van der Waals surface area contributed by atoms with Crippen LogP contribution >= 0.6 is 23.3 Å². The van der Waals surface area contributed by atoms with E-state index >= 15 is 0 Å². The highest BCUT2D eigenvalue weighted by Crippen LogP contribution is 2.41. The molecule has 92 valence electrons. The van der Waals surface area contributed by atoms with Gasteiger partial charge < -0.3 is 9.04 Å². The maximum atomic E-state index is 11.9. The van der Waals surface area contributed by atoms with Crippen LogP contribution in [0.2, 0.25) is 0 Å². The van der Waals surface area contributed by atoms with E-state index in [2.05, 4.69) is 13.8 Å². The van der Waals surface area contributed by atoms with Gasteiger partial charge >= 0.3 is 5.97 Å². The minimum absolute atomic E-state index is 0.245. The molecule has 0 radical (unpaired) electrons. The Bertz CT molecular complexity index is 451. The van der Waals surface area contributed by atoms with Crippen LogP contribution < -0.4 is 0 Å².